The first-order chi connectivity index (χ1) is 30.2. The van der Waals surface area contributed by atoms with Gasteiger partial charge >= 0.3 is 25.7 Å². The highest BCUT2D eigenvalue weighted by Crippen LogP contribution is 2.43. The largest absolute Gasteiger partial charge is 0.472 e. The van der Waals surface area contributed by atoms with Crippen LogP contribution in [0.3, 0.4) is 0 Å². The van der Waals surface area contributed by atoms with Crippen molar-refractivity contribution < 1.29 is 52.2 Å². The number of carbonyl (C=O) groups is 3. The van der Waals surface area contributed by atoms with Crippen LogP contribution in [0.15, 0.2) is 12.2 Å². The van der Waals surface area contributed by atoms with Crippen molar-refractivity contribution >= 4 is 25.7 Å². The molecule has 11 nitrogen and oxygen atoms in total. The molecular weight excluding hydrogens is 808 g/mol. The molecule has 62 heavy (non-hydrogen) atoms. The van der Waals surface area contributed by atoms with Gasteiger partial charge in [-0.1, -0.05) is 200 Å². The zero-order chi connectivity index (χ0) is 45.6. The van der Waals surface area contributed by atoms with Crippen molar-refractivity contribution in [2.24, 2.45) is 0 Å². The van der Waals surface area contributed by atoms with Gasteiger partial charge in [0.25, 0.3) is 0 Å². The normalized spacial score (nSPS) is 13.6. The number of esters is 3. The molecule has 0 amide bonds. The molecule has 0 aromatic rings. The third kappa shape index (κ3) is 43.5. The molecule has 0 saturated heterocycles. The maximum absolute atomic E-state index is 12.8. The number of rotatable bonds is 48. The summed E-state index contributed by atoms with van der Waals surface area (Å²) in [5.41, 5.74) is 0. The Hall–Kier alpha value is -1.78. The molecule has 0 heterocycles. The molecule has 0 bridgehead atoms. The second-order valence-corrected chi connectivity index (χ2v) is 18.8. The summed E-state index contributed by atoms with van der Waals surface area (Å²) in [6.45, 7) is 4.61. The van der Waals surface area contributed by atoms with Gasteiger partial charge in [-0.15, -0.1) is 0 Å². The Morgan fingerprint density at radius 3 is 1.13 bits per heavy atom. The first kappa shape index (κ1) is 60.2. The van der Waals surface area contributed by atoms with E-state index < -0.39 is 57.8 Å². The van der Waals surface area contributed by atoms with Crippen LogP contribution in [-0.4, -0.2) is 66.5 Å². The molecule has 0 aliphatic heterocycles. The Labute approximate surface area is 379 Å². The average molecular weight is 903 g/mol. The lowest BCUT2D eigenvalue weighted by Gasteiger charge is -2.21. The first-order valence-corrected chi connectivity index (χ1v) is 27.1. The average Bonchev–Trinajstić information content (AvgIpc) is 3.25. The lowest BCUT2D eigenvalue weighted by molar-refractivity contribution is -0.161. The van der Waals surface area contributed by atoms with Crippen LogP contribution in [0.25, 0.3) is 0 Å². The van der Waals surface area contributed by atoms with E-state index in [1.807, 2.05) is 0 Å². The number of aliphatic hydroxyl groups is 1. The minimum Gasteiger partial charge on any atom is -0.462 e. The molecule has 0 fully saturated rings. The van der Waals surface area contributed by atoms with Crippen molar-refractivity contribution in [2.75, 3.05) is 26.4 Å². The maximum atomic E-state index is 12.8. The summed E-state index contributed by atoms with van der Waals surface area (Å²) in [6, 6.07) is 0. The van der Waals surface area contributed by atoms with Gasteiger partial charge in [0.2, 0.25) is 0 Å². The lowest BCUT2D eigenvalue weighted by atomic mass is 10.0. The Morgan fingerprint density at radius 2 is 0.742 bits per heavy atom. The Balaban J connectivity index is 4.73. The van der Waals surface area contributed by atoms with Gasteiger partial charge in [0.15, 0.2) is 6.10 Å². The van der Waals surface area contributed by atoms with E-state index in [4.69, 9.17) is 23.3 Å². The molecule has 3 unspecified atom stereocenters. The third-order valence-corrected chi connectivity index (χ3v) is 12.1. The van der Waals surface area contributed by atoms with Gasteiger partial charge in [-0.05, 0) is 44.9 Å². The van der Waals surface area contributed by atoms with E-state index >= 15 is 0 Å². The van der Waals surface area contributed by atoms with Gasteiger partial charge in [0, 0.05) is 19.3 Å². The van der Waals surface area contributed by atoms with Gasteiger partial charge in [-0.3, -0.25) is 23.4 Å². The van der Waals surface area contributed by atoms with Gasteiger partial charge in [0.05, 0.1) is 19.8 Å². The van der Waals surface area contributed by atoms with Crippen LogP contribution in [0.1, 0.15) is 252 Å². The fourth-order valence-corrected chi connectivity index (χ4v) is 8.02. The van der Waals surface area contributed by atoms with Crippen molar-refractivity contribution in [3.8, 4) is 0 Å². The fraction of sp³-hybridized carbons (Fsp3) is 0.900. The molecule has 12 heteroatoms. The van der Waals surface area contributed by atoms with Crippen LogP contribution in [0.2, 0.25) is 0 Å². The number of phosphoric acid groups is 1. The summed E-state index contributed by atoms with van der Waals surface area (Å²) in [5, 5.41) is 9.73. The number of aliphatic hydroxyl groups excluding tert-OH is 1. The van der Waals surface area contributed by atoms with E-state index in [1.165, 1.54) is 116 Å². The van der Waals surface area contributed by atoms with Crippen molar-refractivity contribution in [2.45, 2.75) is 264 Å². The lowest BCUT2D eigenvalue weighted by Crippen LogP contribution is -2.30. The second-order valence-electron chi connectivity index (χ2n) is 17.3. The molecule has 0 radical (unpaired) electrons. The molecule has 0 aromatic carbocycles. The number of hydrogen-bond donors (Lipinski definition) is 2. The molecule has 0 rings (SSSR count). The SMILES string of the molecule is CCCCCC/C=C\CCCCCCCC(=O)OCC(COP(=O)(O)OCC(CO)OC(=O)CCCCCCCCCCC)OC(=O)CCCCCCCCCCCCCCC. The van der Waals surface area contributed by atoms with Crippen LogP contribution >= 0.6 is 7.82 Å². The standard InChI is InChI=1S/C50H95O11P/c1-4-7-10-13-16-19-21-23-25-28-30-33-36-39-48(52)57-43-47(61-50(54)41-38-35-32-29-26-24-22-20-17-14-11-8-5-2)45-59-62(55,56)58-44-46(42-51)60-49(53)40-37-34-31-27-18-15-12-9-6-3/h19,21,46-47,51H,4-18,20,22-45H2,1-3H3,(H,55,56)/b21-19-. The third-order valence-electron chi connectivity index (χ3n) is 11.2. The van der Waals surface area contributed by atoms with E-state index in [-0.39, 0.29) is 25.9 Å². The molecule has 0 aromatic heterocycles. The van der Waals surface area contributed by atoms with E-state index in [0.717, 1.165) is 77.0 Å². The van der Waals surface area contributed by atoms with Gasteiger partial charge in [0.1, 0.15) is 12.7 Å². The highest BCUT2D eigenvalue weighted by molar-refractivity contribution is 7.47. The monoisotopic (exact) mass is 903 g/mol. The van der Waals surface area contributed by atoms with Gasteiger partial charge < -0.3 is 24.2 Å². The highest BCUT2D eigenvalue weighted by atomic mass is 31.2. The number of allylic oxidation sites excluding steroid dienone is 2. The van der Waals surface area contributed by atoms with Crippen molar-refractivity contribution in [1.29, 1.82) is 0 Å². The minimum absolute atomic E-state index is 0.173. The summed E-state index contributed by atoms with van der Waals surface area (Å²) in [6.07, 6.45) is 40.4. The molecule has 366 valence electrons. The smallest absolute Gasteiger partial charge is 0.462 e. The summed E-state index contributed by atoms with van der Waals surface area (Å²) < 4.78 is 39.3. The number of hydrogen-bond acceptors (Lipinski definition) is 10. The zero-order valence-electron chi connectivity index (χ0n) is 40.1. The molecular formula is C50H95O11P. The van der Waals surface area contributed by atoms with E-state index in [9.17, 15) is 28.9 Å². The number of phosphoric ester groups is 1. The Kier molecular flexibility index (Phi) is 44.5. The summed E-state index contributed by atoms with van der Waals surface area (Å²) >= 11 is 0. The molecule has 0 aliphatic carbocycles. The predicted molar refractivity (Wildman–Crippen MR) is 252 cm³/mol. The molecule has 0 aliphatic rings. The summed E-state index contributed by atoms with van der Waals surface area (Å²) in [7, 11) is -4.73. The van der Waals surface area contributed by atoms with Crippen LogP contribution in [0, 0.1) is 0 Å². The Bertz CT molecular complexity index is 1100. The van der Waals surface area contributed by atoms with Crippen LogP contribution in [-0.2, 0) is 42.2 Å². The quantitative estimate of drug-likeness (QED) is 0.0197. The van der Waals surface area contributed by atoms with Gasteiger partial charge in [-0.25, -0.2) is 4.57 Å². The summed E-state index contributed by atoms with van der Waals surface area (Å²) in [5.74, 6) is -1.46. The second kappa shape index (κ2) is 45.8. The van der Waals surface area contributed by atoms with Crippen LogP contribution in [0.4, 0.5) is 0 Å². The van der Waals surface area contributed by atoms with Crippen LogP contribution < -0.4 is 0 Å². The number of unbranched alkanes of at least 4 members (excludes halogenated alkanes) is 29. The van der Waals surface area contributed by atoms with Crippen LogP contribution in [0.5, 0.6) is 0 Å². The maximum Gasteiger partial charge on any atom is 0.472 e. The number of ether oxygens (including phenoxy) is 3. The number of carbonyl (C=O) groups excluding carboxylic acids is 3. The first-order valence-electron chi connectivity index (χ1n) is 25.6. The summed E-state index contributed by atoms with van der Waals surface area (Å²) in [4.78, 5) is 48.1. The van der Waals surface area contributed by atoms with Crippen molar-refractivity contribution in [1.82, 2.24) is 0 Å². The molecule has 0 saturated carbocycles. The zero-order valence-corrected chi connectivity index (χ0v) is 41.0. The Morgan fingerprint density at radius 1 is 0.435 bits per heavy atom. The highest BCUT2D eigenvalue weighted by Gasteiger charge is 2.28. The molecule has 0 spiro atoms. The van der Waals surface area contributed by atoms with Crippen molar-refractivity contribution in [3.05, 3.63) is 12.2 Å². The van der Waals surface area contributed by atoms with E-state index in [1.54, 1.807) is 0 Å². The topological polar surface area (TPSA) is 155 Å². The fourth-order valence-electron chi connectivity index (χ4n) is 7.23. The minimum atomic E-state index is -4.73. The van der Waals surface area contributed by atoms with E-state index in [0.29, 0.717) is 19.3 Å². The van der Waals surface area contributed by atoms with Gasteiger partial charge in [-0.2, -0.15) is 0 Å². The predicted octanol–water partition coefficient (Wildman–Crippen LogP) is 14.1. The van der Waals surface area contributed by atoms with Crippen molar-refractivity contribution in [3.63, 3.8) is 0 Å². The van der Waals surface area contributed by atoms with E-state index in [2.05, 4.69) is 32.9 Å². The molecule has 3 atom stereocenters. The molecule has 2 N–H and O–H groups in total.